The van der Waals surface area contributed by atoms with E-state index in [4.69, 9.17) is 11.6 Å². The maximum atomic E-state index is 13.1. The lowest BCUT2D eigenvalue weighted by molar-refractivity contribution is 0.102. The minimum absolute atomic E-state index is 0.168. The van der Waals surface area contributed by atoms with E-state index >= 15 is 0 Å². The Morgan fingerprint density at radius 2 is 1.81 bits per heavy atom. The van der Waals surface area contributed by atoms with Crippen LogP contribution < -0.4 is 5.32 Å². The summed E-state index contributed by atoms with van der Waals surface area (Å²) in [7, 11) is 0. The first-order chi connectivity index (χ1) is 12.3. The Kier molecular flexibility index (Phi) is 7.01. The number of nitrogens with one attached hydrogen (secondary N) is 1. The highest BCUT2D eigenvalue weighted by molar-refractivity contribution is 9.10. The summed E-state index contributed by atoms with van der Waals surface area (Å²) in [4.78, 5) is 17.7. The van der Waals surface area contributed by atoms with Gasteiger partial charge in [-0.25, -0.2) is 0 Å². The predicted molar refractivity (Wildman–Crippen MR) is 113 cm³/mol. The third-order valence-corrected chi connectivity index (χ3v) is 5.55. The lowest BCUT2D eigenvalue weighted by Gasteiger charge is -2.18. The Balaban J connectivity index is 2.52. The summed E-state index contributed by atoms with van der Waals surface area (Å²) in [5.74, 6) is -0.168. The molecular weight excluding hydrogens is 412 g/mol. The number of hydrogen-bond donors (Lipinski definition) is 1. The van der Waals surface area contributed by atoms with Gasteiger partial charge in [0.2, 0.25) is 0 Å². The second kappa shape index (κ2) is 8.83. The van der Waals surface area contributed by atoms with Gasteiger partial charge in [-0.3, -0.25) is 9.78 Å². The van der Waals surface area contributed by atoms with Gasteiger partial charge in [-0.15, -0.1) is 6.58 Å². The molecule has 0 bridgehead atoms. The van der Waals surface area contributed by atoms with Crippen molar-refractivity contribution in [1.29, 1.82) is 0 Å². The third kappa shape index (κ3) is 4.18. The van der Waals surface area contributed by atoms with Gasteiger partial charge >= 0.3 is 0 Å². The summed E-state index contributed by atoms with van der Waals surface area (Å²) in [6.45, 7) is 11.7. The molecule has 0 fully saturated rings. The van der Waals surface area contributed by atoms with Crippen molar-refractivity contribution in [2.24, 2.45) is 0 Å². The molecule has 0 spiro atoms. The summed E-state index contributed by atoms with van der Waals surface area (Å²) in [5.41, 5.74) is 6.06. The van der Waals surface area contributed by atoms with Crippen molar-refractivity contribution in [2.45, 2.75) is 47.0 Å². The highest BCUT2D eigenvalue weighted by atomic mass is 79.9. The van der Waals surface area contributed by atoms with Gasteiger partial charge < -0.3 is 5.32 Å². The van der Waals surface area contributed by atoms with Gasteiger partial charge in [-0.1, -0.05) is 31.5 Å². The highest BCUT2D eigenvalue weighted by Gasteiger charge is 2.21. The molecule has 0 unspecified atom stereocenters. The fraction of sp³-hybridized carbons (Fsp3) is 0.333. The number of aryl methyl sites for hydroxylation is 4. The third-order valence-electron chi connectivity index (χ3n) is 4.46. The molecule has 1 amide bonds. The van der Waals surface area contributed by atoms with Crippen LogP contribution in [0.25, 0.3) is 0 Å². The molecule has 0 atom stereocenters. The van der Waals surface area contributed by atoms with E-state index in [-0.39, 0.29) is 5.91 Å². The number of anilines is 1. The summed E-state index contributed by atoms with van der Waals surface area (Å²) in [6.07, 6.45) is 4.05. The van der Waals surface area contributed by atoms with Crippen molar-refractivity contribution < 1.29 is 4.79 Å². The molecule has 138 valence electrons. The van der Waals surface area contributed by atoms with E-state index in [1.54, 1.807) is 0 Å². The Bertz CT molecular complexity index is 837. The van der Waals surface area contributed by atoms with E-state index in [1.165, 1.54) is 0 Å². The summed E-state index contributed by atoms with van der Waals surface area (Å²) in [6, 6.07) is 3.82. The lowest BCUT2D eigenvalue weighted by atomic mass is 10.0. The summed E-state index contributed by atoms with van der Waals surface area (Å²) < 4.78 is 0.782. The maximum Gasteiger partial charge on any atom is 0.258 e. The number of rotatable bonds is 6. The second-order valence-corrected chi connectivity index (χ2v) is 7.43. The average molecular weight is 436 g/mol. The molecular formula is C21H24BrClN2O. The molecule has 2 rings (SSSR count). The minimum atomic E-state index is -0.168. The quantitative estimate of drug-likeness (QED) is 0.547. The fourth-order valence-electron chi connectivity index (χ4n) is 3.11. The van der Waals surface area contributed by atoms with Crippen molar-refractivity contribution in [1.82, 2.24) is 4.98 Å². The Hall–Kier alpha value is -1.65. The van der Waals surface area contributed by atoms with Crippen LogP contribution in [0.15, 0.2) is 29.3 Å². The average Bonchev–Trinajstić information content (AvgIpc) is 2.59. The number of benzene rings is 1. The van der Waals surface area contributed by atoms with E-state index < -0.39 is 0 Å². The van der Waals surface area contributed by atoms with Crippen LogP contribution in [0.4, 0.5) is 5.69 Å². The number of carbonyl (C=O) groups is 1. The van der Waals surface area contributed by atoms with E-state index in [2.05, 4.69) is 46.7 Å². The van der Waals surface area contributed by atoms with E-state index in [0.717, 1.165) is 45.4 Å². The van der Waals surface area contributed by atoms with Gasteiger partial charge in [0.25, 0.3) is 5.91 Å². The zero-order chi connectivity index (χ0) is 19.4. The van der Waals surface area contributed by atoms with E-state index in [0.29, 0.717) is 22.7 Å². The minimum Gasteiger partial charge on any atom is -0.321 e. The number of allylic oxidation sites excluding steroid dienone is 1. The Morgan fingerprint density at radius 3 is 2.31 bits per heavy atom. The molecule has 1 aromatic heterocycles. The molecule has 0 aliphatic rings. The zero-order valence-electron chi connectivity index (χ0n) is 15.7. The Labute approximate surface area is 169 Å². The number of pyridine rings is 1. The number of halogens is 2. The van der Waals surface area contributed by atoms with Gasteiger partial charge in [-0.2, -0.15) is 0 Å². The van der Waals surface area contributed by atoms with E-state index in [1.807, 2.05) is 32.1 Å². The van der Waals surface area contributed by atoms with Crippen molar-refractivity contribution >= 4 is 39.1 Å². The number of hydrogen-bond acceptors (Lipinski definition) is 2. The first-order valence-electron chi connectivity index (χ1n) is 8.73. The molecule has 0 aliphatic heterocycles. The van der Waals surface area contributed by atoms with Crippen LogP contribution in [0.2, 0.25) is 5.02 Å². The number of carbonyl (C=O) groups excluding carboxylic acids is 1. The smallest absolute Gasteiger partial charge is 0.258 e. The van der Waals surface area contributed by atoms with Crippen LogP contribution >= 0.6 is 27.5 Å². The van der Waals surface area contributed by atoms with Gasteiger partial charge in [-0.05, 0) is 77.9 Å². The maximum absolute atomic E-state index is 13.1. The summed E-state index contributed by atoms with van der Waals surface area (Å²) in [5, 5.41) is 3.80. The molecule has 5 heteroatoms. The normalized spacial score (nSPS) is 10.7. The predicted octanol–water partition coefficient (Wildman–Crippen LogP) is 6.22. The van der Waals surface area contributed by atoms with Crippen LogP contribution in [0.1, 0.15) is 52.3 Å². The van der Waals surface area contributed by atoms with Crippen LogP contribution in [-0.2, 0) is 19.3 Å². The zero-order valence-corrected chi connectivity index (χ0v) is 18.0. The number of nitrogens with zero attached hydrogens (tertiary/aromatic N) is 1. The molecule has 3 nitrogen and oxygen atoms in total. The molecule has 1 aromatic carbocycles. The van der Waals surface area contributed by atoms with Gasteiger partial charge in [0.15, 0.2) is 0 Å². The first-order valence-corrected chi connectivity index (χ1v) is 9.90. The van der Waals surface area contributed by atoms with Gasteiger partial charge in [0, 0.05) is 20.9 Å². The lowest BCUT2D eigenvalue weighted by Crippen LogP contribution is -2.18. The Morgan fingerprint density at radius 1 is 1.23 bits per heavy atom. The van der Waals surface area contributed by atoms with Crippen molar-refractivity contribution in [2.75, 3.05) is 5.32 Å². The van der Waals surface area contributed by atoms with Crippen molar-refractivity contribution in [3.8, 4) is 0 Å². The largest absolute Gasteiger partial charge is 0.321 e. The molecule has 0 aliphatic carbocycles. The first kappa shape index (κ1) is 20.7. The molecule has 0 radical (unpaired) electrons. The fourth-order valence-corrected chi connectivity index (χ4v) is 4.29. The topological polar surface area (TPSA) is 42.0 Å². The van der Waals surface area contributed by atoms with Crippen LogP contribution in [0, 0.1) is 13.8 Å². The standard InChI is InChI=1S/C21H24BrClN2O/c1-6-9-17-12(4)24-13(5)18(19(17)22)21(26)25-20-14(7-2)10-16(23)11-15(20)8-3/h6,10-11H,1,7-9H2,2-5H3,(H,25,26). The molecule has 1 N–H and O–H groups in total. The van der Waals surface area contributed by atoms with Crippen molar-refractivity contribution in [3.63, 3.8) is 0 Å². The molecule has 2 aromatic rings. The van der Waals surface area contributed by atoms with Crippen LogP contribution in [-0.4, -0.2) is 10.9 Å². The molecule has 1 heterocycles. The SMILES string of the molecule is C=CCc1c(C)nc(C)c(C(=O)Nc2c(CC)cc(Cl)cc2CC)c1Br. The van der Waals surface area contributed by atoms with Crippen LogP contribution in [0.3, 0.4) is 0 Å². The molecule has 26 heavy (non-hydrogen) atoms. The summed E-state index contributed by atoms with van der Waals surface area (Å²) >= 11 is 9.83. The van der Waals surface area contributed by atoms with Crippen molar-refractivity contribution in [3.05, 3.63) is 67.9 Å². The second-order valence-electron chi connectivity index (χ2n) is 6.20. The highest BCUT2D eigenvalue weighted by Crippen LogP contribution is 2.31. The number of amides is 1. The molecule has 0 saturated heterocycles. The monoisotopic (exact) mass is 434 g/mol. The van der Waals surface area contributed by atoms with Gasteiger partial charge in [0.1, 0.15) is 0 Å². The van der Waals surface area contributed by atoms with Gasteiger partial charge in [0.05, 0.1) is 11.3 Å². The van der Waals surface area contributed by atoms with E-state index in [9.17, 15) is 4.79 Å². The molecule has 0 saturated carbocycles. The number of aromatic nitrogens is 1. The van der Waals surface area contributed by atoms with Crippen LogP contribution in [0.5, 0.6) is 0 Å².